The fourth-order valence-corrected chi connectivity index (χ4v) is 6.27. The lowest BCUT2D eigenvalue weighted by Crippen LogP contribution is -2.37. The number of sulfonamides is 2. The van der Waals surface area contributed by atoms with Crippen LogP contribution in [0.5, 0.6) is 0 Å². The van der Waals surface area contributed by atoms with Crippen LogP contribution in [0.25, 0.3) is 0 Å². The van der Waals surface area contributed by atoms with E-state index in [2.05, 4.69) is 0 Å². The van der Waals surface area contributed by atoms with Gasteiger partial charge in [0.25, 0.3) is 0 Å². The molecular formula is C18H20F2N2O4S2. The summed E-state index contributed by atoms with van der Waals surface area (Å²) in [6.45, 7) is 1.73. The average Bonchev–Trinajstić information content (AvgIpc) is 2.91. The standard InChI is InChI=1S/C18H20F2N2O4S2/c1-14-3-4-16(20)13-18(14)28(25,26)22-10-2-9-21(11-12-22)27(23,24)17-7-5-15(19)6-8-17/h3-8,13H,2,9-12H2,1H3. The zero-order chi connectivity index (χ0) is 20.5. The normalized spacial score (nSPS) is 17.4. The van der Waals surface area contributed by atoms with Gasteiger partial charge in [0.05, 0.1) is 9.79 Å². The van der Waals surface area contributed by atoms with Crippen molar-refractivity contribution in [1.82, 2.24) is 8.61 Å². The second kappa shape index (κ2) is 7.86. The minimum absolute atomic E-state index is 0.0483. The first-order valence-electron chi connectivity index (χ1n) is 8.64. The zero-order valence-electron chi connectivity index (χ0n) is 15.2. The van der Waals surface area contributed by atoms with Crippen LogP contribution in [-0.2, 0) is 20.0 Å². The summed E-state index contributed by atoms with van der Waals surface area (Å²) in [5.41, 5.74) is 0.418. The molecule has 28 heavy (non-hydrogen) atoms. The smallest absolute Gasteiger partial charge is 0.207 e. The van der Waals surface area contributed by atoms with E-state index in [1.165, 1.54) is 32.9 Å². The van der Waals surface area contributed by atoms with E-state index in [0.29, 0.717) is 5.56 Å². The molecule has 0 saturated carbocycles. The molecule has 1 fully saturated rings. The Bertz CT molecular complexity index is 1070. The molecule has 0 bridgehead atoms. The first kappa shape index (κ1) is 20.8. The van der Waals surface area contributed by atoms with Crippen LogP contribution in [-0.4, -0.2) is 51.6 Å². The van der Waals surface area contributed by atoms with Gasteiger partial charge in [-0.25, -0.2) is 25.6 Å². The summed E-state index contributed by atoms with van der Waals surface area (Å²) in [6.07, 6.45) is 0.286. The molecule has 0 aromatic heterocycles. The molecule has 0 atom stereocenters. The highest BCUT2D eigenvalue weighted by Crippen LogP contribution is 2.24. The fraction of sp³-hybridized carbons (Fsp3) is 0.333. The molecule has 1 aliphatic heterocycles. The third-order valence-corrected chi connectivity index (χ3v) is 8.59. The van der Waals surface area contributed by atoms with Crippen LogP contribution in [0.1, 0.15) is 12.0 Å². The second-order valence-electron chi connectivity index (χ2n) is 6.53. The Kier molecular flexibility index (Phi) is 5.85. The first-order valence-corrected chi connectivity index (χ1v) is 11.5. The summed E-state index contributed by atoms with van der Waals surface area (Å²) < 4.78 is 80.4. The van der Waals surface area contributed by atoms with Gasteiger partial charge in [-0.3, -0.25) is 0 Å². The number of benzene rings is 2. The molecule has 6 nitrogen and oxygen atoms in total. The highest BCUT2D eigenvalue weighted by Gasteiger charge is 2.32. The Morgan fingerprint density at radius 1 is 0.750 bits per heavy atom. The molecule has 0 spiro atoms. The molecule has 1 saturated heterocycles. The van der Waals surface area contributed by atoms with E-state index >= 15 is 0 Å². The lowest BCUT2D eigenvalue weighted by Gasteiger charge is -2.22. The maximum Gasteiger partial charge on any atom is 0.243 e. The van der Waals surface area contributed by atoms with Gasteiger partial charge >= 0.3 is 0 Å². The van der Waals surface area contributed by atoms with Gasteiger partial charge in [-0.05, 0) is 55.3 Å². The summed E-state index contributed by atoms with van der Waals surface area (Å²) >= 11 is 0. The van der Waals surface area contributed by atoms with Gasteiger partial charge in [-0.1, -0.05) is 6.07 Å². The molecule has 0 unspecified atom stereocenters. The van der Waals surface area contributed by atoms with Crippen molar-refractivity contribution in [3.05, 3.63) is 59.7 Å². The number of aryl methyl sites for hydroxylation is 1. The van der Waals surface area contributed by atoms with E-state index in [1.807, 2.05) is 0 Å². The van der Waals surface area contributed by atoms with Crippen molar-refractivity contribution >= 4 is 20.0 Å². The largest absolute Gasteiger partial charge is 0.243 e. The molecule has 2 aromatic rings. The van der Waals surface area contributed by atoms with E-state index in [-0.39, 0.29) is 42.4 Å². The highest BCUT2D eigenvalue weighted by molar-refractivity contribution is 7.89. The summed E-state index contributed by atoms with van der Waals surface area (Å²) in [5.74, 6) is -1.20. The maximum absolute atomic E-state index is 13.6. The number of nitrogens with zero attached hydrogens (tertiary/aromatic N) is 2. The molecule has 1 aliphatic rings. The van der Waals surface area contributed by atoms with E-state index in [4.69, 9.17) is 0 Å². The van der Waals surface area contributed by atoms with Crippen molar-refractivity contribution in [3.8, 4) is 0 Å². The minimum Gasteiger partial charge on any atom is -0.207 e. The van der Waals surface area contributed by atoms with Gasteiger partial charge in [0.15, 0.2) is 0 Å². The van der Waals surface area contributed by atoms with Gasteiger partial charge in [0, 0.05) is 26.2 Å². The lowest BCUT2D eigenvalue weighted by molar-refractivity contribution is 0.404. The topological polar surface area (TPSA) is 74.8 Å². The molecular weight excluding hydrogens is 410 g/mol. The predicted molar refractivity (Wildman–Crippen MR) is 99.7 cm³/mol. The van der Waals surface area contributed by atoms with Gasteiger partial charge in [-0.15, -0.1) is 0 Å². The van der Waals surface area contributed by atoms with Crippen LogP contribution in [0, 0.1) is 18.6 Å². The molecule has 10 heteroatoms. The van der Waals surface area contributed by atoms with Crippen LogP contribution >= 0.6 is 0 Å². The number of hydrogen-bond acceptors (Lipinski definition) is 4. The van der Waals surface area contributed by atoms with E-state index in [0.717, 1.165) is 18.2 Å². The maximum atomic E-state index is 13.6. The average molecular weight is 430 g/mol. The van der Waals surface area contributed by atoms with E-state index in [9.17, 15) is 25.6 Å². The van der Waals surface area contributed by atoms with E-state index in [1.54, 1.807) is 6.92 Å². The molecule has 0 aliphatic carbocycles. The van der Waals surface area contributed by atoms with Crippen molar-refractivity contribution in [2.24, 2.45) is 0 Å². The van der Waals surface area contributed by atoms with Crippen LogP contribution in [0.4, 0.5) is 8.78 Å². The van der Waals surface area contributed by atoms with Crippen LogP contribution in [0.2, 0.25) is 0 Å². The molecule has 2 aromatic carbocycles. The first-order chi connectivity index (χ1) is 13.1. The second-order valence-corrected chi connectivity index (χ2v) is 10.4. The summed E-state index contributed by atoms with van der Waals surface area (Å²) in [5, 5.41) is 0. The monoisotopic (exact) mass is 430 g/mol. The summed E-state index contributed by atoms with van der Waals surface area (Å²) in [6, 6.07) is 8.05. The third kappa shape index (κ3) is 4.09. The Hall–Kier alpha value is -1.88. The van der Waals surface area contributed by atoms with E-state index < -0.39 is 31.7 Å². The number of hydrogen-bond donors (Lipinski definition) is 0. The zero-order valence-corrected chi connectivity index (χ0v) is 16.8. The Labute approximate surface area is 163 Å². The predicted octanol–water partition coefficient (Wildman–Crippen LogP) is 2.36. The minimum atomic E-state index is -3.96. The van der Waals surface area contributed by atoms with Crippen molar-refractivity contribution < 1.29 is 25.6 Å². The van der Waals surface area contributed by atoms with Crippen molar-refractivity contribution in [1.29, 1.82) is 0 Å². The molecule has 0 amide bonds. The molecule has 3 rings (SSSR count). The highest BCUT2D eigenvalue weighted by atomic mass is 32.2. The van der Waals surface area contributed by atoms with Crippen molar-refractivity contribution in [2.75, 3.05) is 26.2 Å². The Morgan fingerprint density at radius 3 is 1.89 bits per heavy atom. The quantitative estimate of drug-likeness (QED) is 0.746. The Morgan fingerprint density at radius 2 is 1.29 bits per heavy atom. The van der Waals surface area contributed by atoms with Crippen LogP contribution < -0.4 is 0 Å². The van der Waals surface area contributed by atoms with Crippen molar-refractivity contribution in [3.63, 3.8) is 0 Å². The van der Waals surface area contributed by atoms with Crippen molar-refractivity contribution in [2.45, 2.75) is 23.1 Å². The summed E-state index contributed by atoms with van der Waals surface area (Å²) in [4.78, 5) is -0.173. The van der Waals surface area contributed by atoms with Gasteiger partial charge < -0.3 is 0 Å². The van der Waals surface area contributed by atoms with Crippen LogP contribution in [0.15, 0.2) is 52.3 Å². The molecule has 0 radical (unpaired) electrons. The van der Waals surface area contributed by atoms with Gasteiger partial charge in [0.2, 0.25) is 20.0 Å². The summed E-state index contributed by atoms with van der Waals surface area (Å²) in [7, 11) is -7.82. The molecule has 0 N–H and O–H groups in total. The Balaban J connectivity index is 1.83. The number of rotatable bonds is 4. The van der Waals surface area contributed by atoms with Gasteiger partial charge in [-0.2, -0.15) is 8.61 Å². The van der Waals surface area contributed by atoms with Crippen LogP contribution in [0.3, 0.4) is 0 Å². The van der Waals surface area contributed by atoms with Gasteiger partial charge in [0.1, 0.15) is 11.6 Å². The fourth-order valence-electron chi connectivity index (χ4n) is 3.10. The molecule has 152 valence electrons. The SMILES string of the molecule is Cc1ccc(F)cc1S(=O)(=O)N1CCCN(S(=O)(=O)c2ccc(F)cc2)CC1. The number of halogens is 2. The lowest BCUT2D eigenvalue weighted by atomic mass is 10.2. The third-order valence-electron chi connectivity index (χ3n) is 4.63. The molecule has 1 heterocycles.